The highest BCUT2D eigenvalue weighted by molar-refractivity contribution is 7.91. The molecule has 25 heavy (non-hydrogen) atoms. The number of nitrogens with one attached hydrogen (secondary N) is 2. The molecule has 2 aromatic rings. The Bertz CT molecular complexity index is 853. The summed E-state index contributed by atoms with van der Waals surface area (Å²) < 4.78 is 24.1. The molecule has 4 rings (SSSR count). The molecule has 2 aliphatic rings. The number of hydrogen-bond acceptors (Lipinski definition) is 6. The topological polar surface area (TPSA) is 118 Å². The Balaban J connectivity index is 1.51. The summed E-state index contributed by atoms with van der Waals surface area (Å²) in [5, 5.41) is 12.0. The number of sulfone groups is 1. The number of aromatic nitrogens is 2. The molecule has 134 valence electrons. The molecule has 2 aromatic heterocycles. The average Bonchev–Trinajstić information content (AvgIpc) is 3.17. The van der Waals surface area contributed by atoms with E-state index in [1.165, 1.54) is 0 Å². The van der Waals surface area contributed by atoms with Crippen molar-refractivity contribution in [1.82, 2.24) is 15.5 Å². The summed E-state index contributed by atoms with van der Waals surface area (Å²) in [5.41, 5.74) is 7.17. The van der Waals surface area contributed by atoms with Crippen LogP contribution in [-0.4, -0.2) is 48.1 Å². The number of rotatable bonds is 3. The Morgan fingerprint density at radius 2 is 2.04 bits per heavy atom. The van der Waals surface area contributed by atoms with Crippen molar-refractivity contribution >= 4 is 27.1 Å². The van der Waals surface area contributed by atoms with Crippen LogP contribution in [0.4, 0.5) is 0 Å². The van der Waals surface area contributed by atoms with Gasteiger partial charge in [-0.25, -0.2) is 8.42 Å². The second kappa shape index (κ2) is 6.22. The molecule has 9 heteroatoms. The molecule has 0 spiro atoms. The van der Waals surface area contributed by atoms with Gasteiger partial charge < -0.3 is 11.1 Å². The number of carbonyl (C=O) groups excluding carboxylic acids is 1. The third-order valence-electron chi connectivity index (χ3n) is 5.06. The Morgan fingerprint density at radius 3 is 2.68 bits per heavy atom. The largest absolute Gasteiger partial charge is 0.347 e. The molecule has 3 heterocycles. The van der Waals surface area contributed by atoms with Gasteiger partial charge in [-0.15, -0.1) is 11.3 Å². The van der Waals surface area contributed by atoms with E-state index in [1.807, 2.05) is 17.5 Å². The lowest BCUT2D eigenvalue weighted by Crippen LogP contribution is -2.58. The fraction of sp³-hybridized carbons (Fsp3) is 0.500. The van der Waals surface area contributed by atoms with E-state index in [4.69, 9.17) is 5.73 Å². The summed E-state index contributed by atoms with van der Waals surface area (Å²) in [6.07, 6.45) is 1.25. The van der Waals surface area contributed by atoms with E-state index >= 15 is 0 Å². The maximum absolute atomic E-state index is 12.6. The number of aromatic amines is 1. The van der Waals surface area contributed by atoms with Gasteiger partial charge in [0.1, 0.15) is 0 Å². The van der Waals surface area contributed by atoms with Crippen LogP contribution >= 0.6 is 11.3 Å². The molecule has 1 aliphatic carbocycles. The molecule has 0 radical (unpaired) electrons. The third-order valence-corrected chi connectivity index (χ3v) is 7.83. The van der Waals surface area contributed by atoms with Crippen LogP contribution in [0, 0.1) is 11.8 Å². The molecule has 2 atom stereocenters. The maximum Gasteiger partial charge on any atom is 0.272 e. The van der Waals surface area contributed by atoms with Crippen LogP contribution in [0.2, 0.25) is 0 Å². The zero-order valence-electron chi connectivity index (χ0n) is 13.5. The summed E-state index contributed by atoms with van der Waals surface area (Å²) in [7, 11) is -3.05. The molecule has 1 saturated heterocycles. The van der Waals surface area contributed by atoms with Gasteiger partial charge in [-0.2, -0.15) is 5.10 Å². The van der Waals surface area contributed by atoms with Crippen molar-refractivity contribution < 1.29 is 13.2 Å². The van der Waals surface area contributed by atoms with Gasteiger partial charge in [0, 0.05) is 12.1 Å². The molecule has 1 aliphatic heterocycles. The van der Waals surface area contributed by atoms with E-state index in [9.17, 15) is 13.2 Å². The second-order valence-corrected chi connectivity index (χ2v) is 10.1. The van der Waals surface area contributed by atoms with E-state index in [2.05, 4.69) is 15.5 Å². The number of carbonyl (C=O) groups is 1. The monoisotopic (exact) mass is 380 g/mol. The van der Waals surface area contributed by atoms with E-state index in [0.717, 1.165) is 10.6 Å². The van der Waals surface area contributed by atoms with E-state index in [-0.39, 0.29) is 41.3 Å². The van der Waals surface area contributed by atoms with Gasteiger partial charge in [-0.3, -0.25) is 9.89 Å². The summed E-state index contributed by atoms with van der Waals surface area (Å²) in [5.74, 6) is -0.306. The van der Waals surface area contributed by atoms with Crippen LogP contribution in [-0.2, 0) is 9.84 Å². The van der Waals surface area contributed by atoms with Gasteiger partial charge in [0.25, 0.3) is 5.91 Å². The van der Waals surface area contributed by atoms with Gasteiger partial charge >= 0.3 is 0 Å². The van der Waals surface area contributed by atoms with E-state index in [0.29, 0.717) is 18.5 Å². The quantitative estimate of drug-likeness (QED) is 0.735. The normalized spacial score (nSPS) is 30.8. The van der Waals surface area contributed by atoms with Gasteiger partial charge in [0.2, 0.25) is 0 Å². The number of nitrogens with zero attached hydrogens (tertiary/aromatic N) is 1. The van der Waals surface area contributed by atoms with Crippen LogP contribution in [0.25, 0.3) is 10.6 Å². The number of fused-ring (bicyclic) bond motifs is 2. The number of amides is 1. The molecular formula is C16H20N4O3S2. The van der Waals surface area contributed by atoms with Gasteiger partial charge in [0.15, 0.2) is 15.5 Å². The average molecular weight is 380 g/mol. The molecule has 7 nitrogen and oxygen atoms in total. The molecule has 1 saturated carbocycles. The first-order chi connectivity index (χ1) is 11.9. The summed E-state index contributed by atoms with van der Waals surface area (Å²) in [6, 6.07) is 5.47. The lowest BCUT2D eigenvalue weighted by atomic mass is 9.75. The summed E-state index contributed by atoms with van der Waals surface area (Å²) in [6.45, 7) is 0. The predicted molar refractivity (Wildman–Crippen MR) is 96.0 cm³/mol. The Hall–Kier alpha value is -1.71. The molecular weight excluding hydrogens is 360 g/mol. The zero-order chi connectivity index (χ0) is 17.6. The first-order valence-electron chi connectivity index (χ1n) is 8.27. The minimum Gasteiger partial charge on any atom is -0.347 e. The SMILES string of the molecule is NC1CC2CS(=O)(=O)CC(C1)C2NC(=O)c1cc(-c2cccs2)[nH]n1. The van der Waals surface area contributed by atoms with Crippen molar-refractivity contribution in [3.05, 3.63) is 29.3 Å². The number of nitrogens with two attached hydrogens (primary N) is 1. The minimum atomic E-state index is -3.05. The van der Waals surface area contributed by atoms with Crippen LogP contribution in [0.1, 0.15) is 23.3 Å². The minimum absolute atomic E-state index is 0.00877. The highest BCUT2D eigenvalue weighted by Gasteiger charge is 2.45. The summed E-state index contributed by atoms with van der Waals surface area (Å²) >= 11 is 1.57. The molecule has 2 unspecified atom stereocenters. The molecule has 2 bridgehead atoms. The van der Waals surface area contributed by atoms with Crippen LogP contribution < -0.4 is 11.1 Å². The smallest absolute Gasteiger partial charge is 0.272 e. The van der Waals surface area contributed by atoms with Gasteiger partial charge in [-0.05, 0) is 42.2 Å². The predicted octanol–water partition coefficient (Wildman–Crippen LogP) is 1.02. The maximum atomic E-state index is 12.6. The van der Waals surface area contributed by atoms with Crippen molar-refractivity contribution in [1.29, 1.82) is 0 Å². The lowest BCUT2D eigenvalue weighted by Gasteiger charge is -2.44. The molecule has 0 aromatic carbocycles. The van der Waals surface area contributed by atoms with Crippen molar-refractivity contribution in [2.45, 2.75) is 24.9 Å². The van der Waals surface area contributed by atoms with E-state index < -0.39 is 9.84 Å². The van der Waals surface area contributed by atoms with Crippen molar-refractivity contribution in [2.75, 3.05) is 11.5 Å². The van der Waals surface area contributed by atoms with Crippen LogP contribution in [0.3, 0.4) is 0 Å². The lowest BCUT2D eigenvalue weighted by molar-refractivity contribution is 0.0861. The van der Waals surface area contributed by atoms with Gasteiger partial charge in [0.05, 0.1) is 22.1 Å². The number of thiophene rings is 1. The first kappa shape index (κ1) is 16.7. The molecule has 4 N–H and O–H groups in total. The second-order valence-electron chi connectivity index (χ2n) is 6.97. The number of hydrogen-bond donors (Lipinski definition) is 3. The Labute approximate surface area is 149 Å². The van der Waals surface area contributed by atoms with Crippen molar-refractivity contribution in [3.8, 4) is 10.6 Å². The summed E-state index contributed by atoms with van der Waals surface area (Å²) in [4.78, 5) is 13.6. The zero-order valence-corrected chi connectivity index (χ0v) is 15.1. The van der Waals surface area contributed by atoms with Crippen molar-refractivity contribution in [2.24, 2.45) is 17.6 Å². The number of H-pyrrole nitrogens is 1. The fourth-order valence-corrected chi connectivity index (χ4v) is 6.89. The van der Waals surface area contributed by atoms with Crippen LogP contribution in [0.15, 0.2) is 23.6 Å². The van der Waals surface area contributed by atoms with Crippen molar-refractivity contribution in [3.63, 3.8) is 0 Å². The highest BCUT2D eigenvalue weighted by Crippen LogP contribution is 2.36. The Morgan fingerprint density at radius 1 is 1.32 bits per heavy atom. The third kappa shape index (κ3) is 3.36. The first-order valence-corrected chi connectivity index (χ1v) is 11.0. The van der Waals surface area contributed by atoms with Gasteiger partial charge in [-0.1, -0.05) is 6.07 Å². The Kier molecular flexibility index (Phi) is 4.17. The molecule has 1 amide bonds. The van der Waals surface area contributed by atoms with E-state index in [1.54, 1.807) is 17.4 Å². The highest BCUT2D eigenvalue weighted by atomic mass is 32.2. The van der Waals surface area contributed by atoms with Crippen LogP contribution in [0.5, 0.6) is 0 Å². The fourth-order valence-electron chi connectivity index (χ4n) is 4.07. The molecule has 2 fully saturated rings. The standard InChI is InChI=1S/C16H20N4O3S2/c17-11-4-9-7-25(22,23)8-10(5-11)15(9)18-16(21)13-6-12(19-20-13)14-2-1-3-24-14/h1-3,6,9-11,15H,4-5,7-8,17H2,(H,18,21)(H,19,20).